The summed E-state index contributed by atoms with van der Waals surface area (Å²) in [4.78, 5) is 2.43. The summed E-state index contributed by atoms with van der Waals surface area (Å²) >= 11 is 0. The van der Waals surface area contributed by atoms with E-state index in [0.717, 1.165) is 12.8 Å². The zero-order chi connectivity index (χ0) is 20.1. The van der Waals surface area contributed by atoms with Gasteiger partial charge in [-0.2, -0.15) is 0 Å². The Bertz CT molecular complexity index is 1440. The van der Waals surface area contributed by atoms with Crippen LogP contribution >= 0.6 is 0 Å². The second-order valence-corrected chi connectivity index (χ2v) is 8.22. The fourth-order valence-electron chi connectivity index (χ4n) is 4.87. The van der Waals surface area contributed by atoms with Crippen LogP contribution in [0.5, 0.6) is 0 Å². The Morgan fingerprint density at radius 2 is 1.43 bits per heavy atom. The van der Waals surface area contributed by atoms with E-state index in [-0.39, 0.29) is 0 Å². The van der Waals surface area contributed by atoms with E-state index in [1.807, 2.05) is 0 Å². The third-order valence-electron chi connectivity index (χ3n) is 6.24. The predicted octanol–water partition coefficient (Wildman–Crippen LogP) is 8.26. The standard InChI is InChI=1S/C29H23N/c1-20-7-5-12-25(19-20)30(24-10-3-2-4-11-24)27-18-16-23-14-13-21-8-6-9-22-15-17-26(27)29(23)28(21)22/h3,5-19H,2,4H2,1H3. The van der Waals surface area contributed by atoms with Gasteiger partial charge in [0.05, 0.1) is 5.69 Å². The molecular formula is C29H23N. The van der Waals surface area contributed by atoms with E-state index in [9.17, 15) is 0 Å². The van der Waals surface area contributed by atoms with E-state index < -0.39 is 0 Å². The molecule has 6 rings (SSSR count). The van der Waals surface area contributed by atoms with E-state index in [4.69, 9.17) is 0 Å². The molecule has 0 heterocycles. The Hall–Kier alpha value is -3.58. The Balaban J connectivity index is 1.69. The van der Waals surface area contributed by atoms with Gasteiger partial charge in [-0.15, -0.1) is 0 Å². The molecule has 0 N–H and O–H groups in total. The topological polar surface area (TPSA) is 3.24 Å². The zero-order valence-corrected chi connectivity index (χ0v) is 17.1. The highest BCUT2D eigenvalue weighted by Crippen LogP contribution is 2.42. The van der Waals surface area contributed by atoms with Gasteiger partial charge in [-0.05, 0) is 76.5 Å². The lowest BCUT2D eigenvalue weighted by Crippen LogP contribution is -2.16. The smallest absolute Gasteiger partial charge is 0.0540 e. The monoisotopic (exact) mass is 385 g/mol. The SMILES string of the molecule is Cc1cccc(N(C2=CCCC=C2)c2ccc3ccc4cccc5ccc2c3c45)c1. The second-order valence-electron chi connectivity index (χ2n) is 8.22. The third-order valence-corrected chi connectivity index (χ3v) is 6.24. The Labute approximate surface area is 176 Å². The van der Waals surface area contributed by atoms with Crippen molar-refractivity contribution in [2.24, 2.45) is 0 Å². The van der Waals surface area contributed by atoms with Gasteiger partial charge in [0.15, 0.2) is 0 Å². The summed E-state index contributed by atoms with van der Waals surface area (Å²) in [5, 5.41) is 7.95. The average molecular weight is 386 g/mol. The highest BCUT2D eigenvalue weighted by molar-refractivity contribution is 6.25. The van der Waals surface area contributed by atoms with E-state index in [1.165, 1.54) is 55.0 Å². The zero-order valence-electron chi connectivity index (χ0n) is 17.1. The first-order valence-corrected chi connectivity index (χ1v) is 10.7. The lowest BCUT2D eigenvalue weighted by Gasteiger charge is -2.29. The largest absolute Gasteiger partial charge is 0.310 e. The molecule has 144 valence electrons. The molecule has 30 heavy (non-hydrogen) atoms. The molecule has 1 aliphatic carbocycles. The molecular weight excluding hydrogens is 362 g/mol. The van der Waals surface area contributed by atoms with Crippen LogP contribution in [0.2, 0.25) is 0 Å². The van der Waals surface area contributed by atoms with Crippen LogP contribution in [0.3, 0.4) is 0 Å². The minimum Gasteiger partial charge on any atom is -0.310 e. The van der Waals surface area contributed by atoms with Gasteiger partial charge in [-0.1, -0.05) is 72.8 Å². The second kappa shape index (κ2) is 6.74. The molecule has 0 atom stereocenters. The fourth-order valence-corrected chi connectivity index (χ4v) is 4.87. The summed E-state index contributed by atoms with van der Waals surface area (Å²) in [5.74, 6) is 0. The average Bonchev–Trinajstić information content (AvgIpc) is 2.79. The first-order chi connectivity index (χ1) is 14.8. The van der Waals surface area contributed by atoms with Crippen molar-refractivity contribution < 1.29 is 0 Å². The molecule has 0 saturated heterocycles. The van der Waals surface area contributed by atoms with Crippen LogP contribution in [0.1, 0.15) is 18.4 Å². The number of benzene rings is 5. The van der Waals surface area contributed by atoms with Gasteiger partial charge in [0.25, 0.3) is 0 Å². The molecule has 1 aliphatic rings. The number of aryl methyl sites for hydroxylation is 1. The van der Waals surface area contributed by atoms with Crippen molar-refractivity contribution in [3.8, 4) is 0 Å². The number of allylic oxidation sites excluding steroid dienone is 3. The first kappa shape index (κ1) is 17.3. The summed E-state index contributed by atoms with van der Waals surface area (Å²) in [6.45, 7) is 2.16. The minimum absolute atomic E-state index is 1.08. The lowest BCUT2D eigenvalue weighted by atomic mass is 9.93. The van der Waals surface area contributed by atoms with E-state index in [1.54, 1.807) is 0 Å². The van der Waals surface area contributed by atoms with Crippen molar-refractivity contribution >= 4 is 43.7 Å². The molecule has 0 unspecified atom stereocenters. The van der Waals surface area contributed by atoms with Crippen LogP contribution < -0.4 is 4.90 Å². The summed E-state index contributed by atoms with van der Waals surface area (Å²) in [6, 6.07) is 29.0. The number of hydrogen-bond donors (Lipinski definition) is 0. The molecule has 0 spiro atoms. The summed E-state index contributed by atoms with van der Waals surface area (Å²) in [6.07, 6.45) is 9.11. The Kier molecular flexibility index (Phi) is 3.89. The quantitative estimate of drug-likeness (QED) is 0.282. The summed E-state index contributed by atoms with van der Waals surface area (Å²) < 4.78 is 0. The number of hydrogen-bond acceptors (Lipinski definition) is 1. The molecule has 5 aromatic rings. The minimum atomic E-state index is 1.08. The molecule has 0 saturated carbocycles. The van der Waals surface area contributed by atoms with Crippen molar-refractivity contribution in [1.29, 1.82) is 0 Å². The van der Waals surface area contributed by atoms with Crippen molar-refractivity contribution in [2.75, 3.05) is 4.90 Å². The van der Waals surface area contributed by atoms with Gasteiger partial charge in [0.1, 0.15) is 0 Å². The van der Waals surface area contributed by atoms with Gasteiger partial charge >= 0.3 is 0 Å². The molecule has 5 aromatic carbocycles. The molecule has 0 aliphatic heterocycles. The Morgan fingerprint density at radius 1 is 0.700 bits per heavy atom. The van der Waals surface area contributed by atoms with E-state index >= 15 is 0 Å². The normalized spacial score (nSPS) is 14.0. The maximum absolute atomic E-state index is 2.43. The van der Waals surface area contributed by atoms with Gasteiger partial charge in [-0.25, -0.2) is 0 Å². The molecule has 1 nitrogen and oxygen atoms in total. The highest BCUT2D eigenvalue weighted by atomic mass is 15.1. The van der Waals surface area contributed by atoms with Crippen LogP contribution in [-0.4, -0.2) is 0 Å². The van der Waals surface area contributed by atoms with Crippen molar-refractivity contribution in [2.45, 2.75) is 19.8 Å². The molecule has 0 aromatic heterocycles. The van der Waals surface area contributed by atoms with Crippen LogP contribution in [0.15, 0.2) is 103 Å². The maximum Gasteiger partial charge on any atom is 0.0540 e. The van der Waals surface area contributed by atoms with Crippen molar-refractivity contribution in [3.63, 3.8) is 0 Å². The van der Waals surface area contributed by atoms with Crippen molar-refractivity contribution in [3.05, 3.63) is 108 Å². The van der Waals surface area contributed by atoms with E-state index in [2.05, 4.69) is 109 Å². The van der Waals surface area contributed by atoms with Crippen LogP contribution in [0.25, 0.3) is 32.3 Å². The van der Waals surface area contributed by atoms with Gasteiger partial charge in [0, 0.05) is 16.8 Å². The van der Waals surface area contributed by atoms with E-state index in [0.29, 0.717) is 0 Å². The van der Waals surface area contributed by atoms with Crippen molar-refractivity contribution in [1.82, 2.24) is 0 Å². The molecule has 0 radical (unpaired) electrons. The van der Waals surface area contributed by atoms with Gasteiger partial charge < -0.3 is 4.90 Å². The van der Waals surface area contributed by atoms with Crippen LogP contribution in [0, 0.1) is 6.92 Å². The summed E-state index contributed by atoms with van der Waals surface area (Å²) in [7, 11) is 0. The highest BCUT2D eigenvalue weighted by Gasteiger charge is 2.19. The number of anilines is 2. The third kappa shape index (κ3) is 2.63. The predicted molar refractivity (Wildman–Crippen MR) is 130 cm³/mol. The summed E-state index contributed by atoms with van der Waals surface area (Å²) in [5.41, 5.74) is 4.98. The molecule has 0 fully saturated rings. The van der Waals surface area contributed by atoms with Crippen LogP contribution in [-0.2, 0) is 0 Å². The molecule has 1 heteroatoms. The molecule has 0 bridgehead atoms. The molecule has 0 amide bonds. The Morgan fingerprint density at radius 3 is 2.20 bits per heavy atom. The van der Waals surface area contributed by atoms with Gasteiger partial charge in [-0.3, -0.25) is 0 Å². The fraction of sp³-hybridized carbons (Fsp3) is 0.103. The maximum atomic E-state index is 2.43. The lowest BCUT2D eigenvalue weighted by molar-refractivity contribution is 0.998. The van der Waals surface area contributed by atoms with Gasteiger partial charge in [0.2, 0.25) is 0 Å². The first-order valence-electron chi connectivity index (χ1n) is 10.7. The van der Waals surface area contributed by atoms with Crippen LogP contribution in [0.4, 0.5) is 11.4 Å². The number of rotatable bonds is 3. The number of nitrogens with zero attached hydrogens (tertiary/aromatic N) is 1.